The van der Waals surface area contributed by atoms with Crippen LogP contribution in [0, 0.1) is 5.82 Å². The van der Waals surface area contributed by atoms with Crippen molar-refractivity contribution in [2.75, 3.05) is 25.0 Å². The first kappa shape index (κ1) is 18.7. The lowest BCUT2D eigenvalue weighted by molar-refractivity contribution is 0.162. The SMILES string of the molecule is Fc1ccc(Nc2ncc3ccc(OC4CCNCC4)cc3n2)cc1C1C=NOC1. The van der Waals surface area contributed by atoms with E-state index in [2.05, 4.69) is 25.8 Å². The minimum atomic E-state index is -0.290. The zero-order valence-corrected chi connectivity index (χ0v) is 16.3. The number of hydrogen-bond donors (Lipinski definition) is 2. The summed E-state index contributed by atoms with van der Waals surface area (Å²) in [5, 5.41) is 11.2. The highest BCUT2D eigenvalue weighted by Gasteiger charge is 2.19. The third kappa shape index (κ3) is 4.04. The Balaban J connectivity index is 1.36. The van der Waals surface area contributed by atoms with Crippen LogP contribution in [0.3, 0.4) is 0 Å². The molecule has 0 bridgehead atoms. The second kappa shape index (κ2) is 8.23. The van der Waals surface area contributed by atoms with Crippen LogP contribution in [-0.4, -0.2) is 42.0 Å². The molecule has 2 aliphatic heterocycles. The predicted octanol–water partition coefficient (Wildman–Crippen LogP) is 3.74. The largest absolute Gasteiger partial charge is 0.490 e. The normalized spacial score (nSPS) is 19.0. The average Bonchev–Trinajstić information content (AvgIpc) is 3.30. The van der Waals surface area contributed by atoms with Crippen LogP contribution in [0.15, 0.2) is 47.8 Å². The van der Waals surface area contributed by atoms with Crippen molar-refractivity contribution in [1.82, 2.24) is 15.3 Å². The molecule has 1 fully saturated rings. The highest BCUT2D eigenvalue weighted by atomic mass is 19.1. The Morgan fingerprint density at radius 2 is 2.03 bits per heavy atom. The van der Waals surface area contributed by atoms with Gasteiger partial charge in [-0.1, -0.05) is 5.16 Å². The molecular weight excluding hydrogens is 385 g/mol. The van der Waals surface area contributed by atoms with Crippen LogP contribution in [-0.2, 0) is 4.84 Å². The number of nitrogens with zero attached hydrogens (tertiary/aromatic N) is 3. The molecule has 0 aliphatic carbocycles. The quantitative estimate of drug-likeness (QED) is 0.671. The van der Waals surface area contributed by atoms with Gasteiger partial charge in [-0.3, -0.25) is 0 Å². The van der Waals surface area contributed by atoms with Crippen molar-refractivity contribution in [3.05, 3.63) is 54.0 Å². The van der Waals surface area contributed by atoms with E-state index in [4.69, 9.17) is 9.57 Å². The van der Waals surface area contributed by atoms with Crippen molar-refractivity contribution in [1.29, 1.82) is 0 Å². The Kier molecular flexibility index (Phi) is 5.15. The van der Waals surface area contributed by atoms with E-state index < -0.39 is 0 Å². The second-order valence-corrected chi connectivity index (χ2v) is 7.50. The van der Waals surface area contributed by atoms with E-state index in [-0.39, 0.29) is 17.8 Å². The van der Waals surface area contributed by atoms with Crippen molar-refractivity contribution in [2.24, 2.45) is 5.16 Å². The van der Waals surface area contributed by atoms with Crippen molar-refractivity contribution in [3.63, 3.8) is 0 Å². The first-order valence-corrected chi connectivity index (χ1v) is 10.1. The number of halogens is 1. The zero-order valence-electron chi connectivity index (χ0n) is 16.3. The molecule has 0 spiro atoms. The number of hydrogen-bond acceptors (Lipinski definition) is 7. The van der Waals surface area contributed by atoms with Gasteiger partial charge in [-0.2, -0.15) is 0 Å². The standard InChI is InChI=1S/C22H22FN5O2/c23-20-4-2-16(9-19(20)15-12-26-29-13-15)27-22-25-11-14-1-3-18(10-21(14)28-22)30-17-5-7-24-8-6-17/h1-4,9-12,15,17,24H,5-8,13H2,(H,25,27,28). The third-order valence-electron chi connectivity index (χ3n) is 5.36. The Morgan fingerprint density at radius 1 is 1.13 bits per heavy atom. The number of rotatable bonds is 5. The Hall–Kier alpha value is -3.26. The fourth-order valence-electron chi connectivity index (χ4n) is 3.73. The van der Waals surface area contributed by atoms with Crippen molar-refractivity contribution in [2.45, 2.75) is 24.9 Å². The summed E-state index contributed by atoms with van der Waals surface area (Å²) >= 11 is 0. The molecule has 0 amide bonds. The van der Waals surface area contributed by atoms with E-state index in [1.807, 2.05) is 18.2 Å². The van der Waals surface area contributed by atoms with E-state index in [1.54, 1.807) is 24.5 Å². The number of fused-ring (bicyclic) bond motifs is 1. The topological polar surface area (TPSA) is 80.7 Å². The molecule has 0 radical (unpaired) electrons. The van der Waals surface area contributed by atoms with Gasteiger partial charge >= 0.3 is 0 Å². The summed E-state index contributed by atoms with van der Waals surface area (Å²) in [5.41, 5.74) is 2.02. The summed E-state index contributed by atoms with van der Waals surface area (Å²) in [4.78, 5) is 14.0. The molecule has 1 saturated heterocycles. The Morgan fingerprint density at radius 3 is 2.87 bits per heavy atom. The highest BCUT2D eigenvalue weighted by Crippen LogP contribution is 2.27. The number of piperidine rings is 1. The minimum absolute atomic E-state index is 0.195. The zero-order chi connectivity index (χ0) is 20.3. The lowest BCUT2D eigenvalue weighted by atomic mass is 10.0. The number of oxime groups is 1. The first-order valence-electron chi connectivity index (χ1n) is 10.1. The van der Waals surface area contributed by atoms with Crippen LogP contribution >= 0.6 is 0 Å². The fraction of sp³-hybridized carbons (Fsp3) is 0.318. The summed E-state index contributed by atoms with van der Waals surface area (Å²) in [6.07, 6.45) is 5.60. The molecule has 2 N–H and O–H groups in total. The van der Waals surface area contributed by atoms with Crippen molar-refractivity contribution in [3.8, 4) is 5.75 Å². The molecule has 1 aromatic heterocycles. The van der Waals surface area contributed by atoms with Gasteiger partial charge in [-0.15, -0.1) is 0 Å². The van der Waals surface area contributed by atoms with Gasteiger partial charge in [-0.05, 0) is 56.3 Å². The summed E-state index contributed by atoms with van der Waals surface area (Å²) in [5.74, 6) is 0.764. The fourth-order valence-corrected chi connectivity index (χ4v) is 3.73. The smallest absolute Gasteiger partial charge is 0.227 e. The molecule has 3 aromatic rings. The van der Waals surface area contributed by atoms with Gasteiger partial charge in [-0.25, -0.2) is 14.4 Å². The molecule has 8 heteroatoms. The van der Waals surface area contributed by atoms with Crippen LogP contribution in [0.4, 0.5) is 16.0 Å². The van der Waals surface area contributed by atoms with E-state index in [1.165, 1.54) is 6.07 Å². The van der Waals surface area contributed by atoms with Gasteiger partial charge in [0.1, 0.15) is 24.3 Å². The lowest BCUT2D eigenvalue weighted by Gasteiger charge is -2.23. The second-order valence-electron chi connectivity index (χ2n) is 7.50. The van der Waals surface area contributed by atoms with Gasteiger partial charge in [0.2, 0.25) is 5.95 Å². The number of anilines is 2. The van der Waals surface area contributed by atoms with E-state index in [0.29, 0.717) is 23.8 Å². The number of benzene rings is 2. The average molecular weight is 407 g/mol. The molecule has 2 aliphatic rings. The van der Waals surface area contributed by atoms with Crippen molar-refractivity contribution < 1.29 is 14.0 Å². The molecule has 5 rings (SSSR count). The van der Waals surface area contributed by atoms with Gasteiger partial charge in [0.15, 0.2) is 0 Å². The Bertz CT molecular complexity index is 1080. The maximum absolute atomic E-state index is 14.2. The van der Waals surface area contributed by atoms with Crippen LogP contribution in [0.1, 0.15) is 24.3 Å². The Labute approximate surface area is 173 Å². The number of ether oxygens (including phenoxy) is 1. The van der Waals surface area contributed by atoms with Gasteiger partial charge in [0.25, 0.3) is 0 Å². The molecule has 2 aromatic carbocycles. The molecular formula is C22H22FN5O2. The third-order valence-corrected chi connectivity index (χ3v) is 5.36. The molecule has 7 nitrogen and oxygen atoms in total. The van der Waals surface area contributed by atoms with E-state index in [0.717, 1.165) is 42.6 Å². The molecule has 3 heterocycles. The lowest BCUT2D eigenvalue weighted by Crippen LogP contribution is -2.34. The monoisotopic (exact) mass is 407 g/mol. The maximum atomic E-state index is 14.2. The summed E-state index contributed by atoms with van der Waals surface area (Å²) in [6.45, 7) is 2.30. The number of aromatic nitrogens is 2. The van der Waals surface area contributed by atoms with E-state index in [9.17, 15) is 4.39 Å². The molecule has 1 atom stereocenters. The van der Waals surface area contributed by atoms with Crippen LogP contribution in [0.5, 0.6) is 5.75 Å². The van der Waals surface area contributed by atoms with Crippen LogP contribution < -0.4 is 15.4 Å². The van der Waals surface area contributed by atoms with E-state index >= 15 is 0 Å². The number of nitrogens with one attached hydrogen (secondary N) is 2. The molecule has 30 heavy (non-hydrogen) atoms. The molecule has 1 unspecified atom stereocenters. The van der Waals surface area contributed by atoms with Crippen LogP contribution in [0.25, 0.3) is 10.9 Å². The van der Waals surface area contributed by atoms with Gasteiger partial charge in [0.05, 0.1) is 17.6 Å². The predicted molar refractivity (Wildman–Crippen MR) is 113 cm³/mol. The summed E-state index contributed by atoms with van der Waals surface area (Å²) < 4.78 is 20.3. The highest BCUT2D eigenvalue weighted by molar-refractivity contribution is 5.80. The first-order chi connectivity index (χ1) is 14.7. The van der Waals surface area contributed by atoms with Gasteiger partial charge in [0, 0.05) is 28.9 Å². The van der Waals surface area contributed by atoms with Crippen molar-refractivity contribution >= 4 is 28.8 Å². The summed E-state index contributed by atoms with van der Waals surface area (Å²) in [7, 11) is 0. The molecule has 154 valence electrons. The maximum Gasteiger partial charge on any atom is 0.227 e. The van der Waals surface area contributed by atoms with Crippen LogP contribution in [0.2, 0.25) is 0 Å². The van der Waals surface area contributed by atoms with Gasteiger partial charge < -0.3 is 20.2 Å². The minimum Gasteiger partial charge on any atom is -0.490 e. The summed E-state index contributed by atoms with van der Waals surface area (Å²) in [6, 6.07) is 10.7. The molecule has 0 saturated carbocycles.